The predicted octanol–water partition coefficient (Wildman–Crippen LogP) is 3.74. The molecule has 0 spiro atoms. The monoisotopic (exact) mass is 399 g/mol. The lowest BCUT2D eigenvalue weighted by molar-refractivity contribution is 0.0265. The van der Waals surface area contributed by atoms with E-state index in [2.05, 4.69) is 20.3 Å². The van der Waals surface area contributed by atoms with Crippen molar-refractivity contribution in [3.63, 3.8) is 0 Å². The topological polar surface area (TPSA) is 95.9 Å². The van der Waals surface area contributed by atoms with E-state index < -0.39 is 12.1 Å². The zero-order chi connectivity index (χ0) is 19.7. The van der Waals surface area contributed by atoms with Crippen molar-refractivity contribution < 1.29 is 18.3 Å². The Morgan fingerprint density at radius 1 is 1.25 bits per heavy atom. The van der Waals surface area contributed by atoms with Gasteiger partial charge in [-0.2, -0.15) is 0 Å². The quantitative estimate of drug-likeness (QED) is 0.472. The second-order valence-corrected chi connectivity index (χ2v) is 6.79. The van der Waals surface area contributed by atoms with Crippen LogP contribution in [0.15, 0.2) is 46.2 Å². The van der Waals surface area contributed by atoms with Crippen molar-refractivity contribution in [1.82, 2.24) is 25.0 Å². The highest BCUT2D eigenvalue weighted by molar-refractivity contribution is 7.13. The summed E-state index contributed by atoms with van der Waals surface area (Å²) in [5, 5.41) is 13.9. The third-order valence-corrected chi connectivity index (χ3v) is 4.68. The molecule has 10 heteroatoms. The van der Waals surface area contributed by atoms with Crippen LogP contribution < -0.4 is 0 Å². The first-order valence-electron chi connectivity index (χ1n) is 8.29. The van der Waals surface area contributed by atoms with Gasteiger partial charge in [0, 0.05) is 0 Å². The molecule has 8 nitrogen and oxygen atoms in total. The summed E-state index contributed by atoms with van der Waals surface area (Å²) in [5.74, 6) is -0.215. The highest BCUT2D eigenvalue weighted by Crippen LogP contribution is 2.26. The number of hydrogen-bond donors (Lipinski definition) is 0. The van der Waals surface area contributed by atoms with E-state index in [1.54, 1.807) is 26.0 Å². The number of carbonyl (C=O) groups excluding carboxylic acids is 1. The molecule has 1 atom stereocenters. The first-order valence-corrected chi connectivity index (χ1v) is 9.17. The van der Waals surface area contributed by atoms with Gasteiger partial charge >= 0.3 is 5.97 Å². The maximum atomic E-state index is 13.1. The molecule has 0 saturated heterocycles. The van der Waals surface area contributed by atoms with Crippen molar-refractivity contribution in [2.75, 3.05) is 0 Å². The smallest absolute Gasteiger partial charge is 0.379 e. The highest BCUT2D eigenvalue weighted by atomic mass is 32.1. The minimum Gasteiger partial charge on any atom is -0.447 e. The number of esters is 1. The maximum Gasteiger partial charge on any atom is 0.379 e. The van der Waals surface area contributed by atoms with Crippen LogP contribution in [-0.4, -0.2) is 30.9 Å². The summed E-state index contributed by atoms with van der Waals surface area (Å²) in [6.45, 7) is 3.30. The average Bonchev–Trinajstić information content (AvgIpc) is 3.42. The number of nitrogens with zero attached hydrogens (tertiary/aromatic N) is 5. The lowest BCUT2D eigenvalue weighted by Gasteiger charge is -2.07. The number of aryl methyl sites for hydroxylation is 1. The molecular weight excluding hydrogens is 385 g/mol. The highest BCUT2D eigenvalue weighted by Gasteiger charge is 2.23. The number of hydrogen-bond acceptors (Lipinski definition) is 8. The molecule has 0 N–H and O–H groups in total. The van der Waals surface area contributed by atoms with Gasteiger partial charge in [0.2, 0.25) is 0 Å². The van der Waals surface area contributed by atoms with E-state index in [9.17, 15) is 9.18 Å². The Morgan fingerprint density at radius 3 is 2.75 bits per heavy atom. The third kappa shape index (κ3) is 3.54. The van der Waals surface area contributed by atoms with Crippen LogP contribution >= 0.6 is 11.3 Å². The number of halogens is 1. The molecule has 3 aromatic heterocycles. The van der Waals surface area contributed by atoms with Gasteiger partial charge in [0.15, 0.2) is 6.10 Å². The Balaban J connectivity index is 1.49. The van der Waals surface area contributed by atoms with Crippen molar-refractivity contribution in [2.24, 2.45) is 0 Å². The van der Waals surface area contributed by atoms with Crippen molar-refractivity contribution in [1.29, 1.82) is 0 Å². The summed E-state index contributed by atoms with van der Waals surface area (Å²) in [7, 11) is 0. The van der Waals surface area contributed by atoms with Gasteiger partial charge in [-0.1, -0.05) is 6.07 Å². The Labute approximate surface area is 162 Å². The minimum absolute atomic E-state index is 0.119. The minimum atomic E-state index is -0.771. The molecule has 4 aromatic rings. The number of benzene rings is 1. The van der Waals surface area contributed by atoms with E-state index in [-0.39, 0.29) is 17.5 Å². The fraction of sp³-hybridized carbons (Fsp3) is 0.167. The second-order valence-electron chi connectivity index (χ2n) is 5.84. The van der Waals surface area contributed by atoms with Gasteiger partial charge in [-0.25, -0.2) is 18.9 Å². The van der Waals surface area contributed by atoms with E-state index in [1.807, 2.05) is 17.5 Å². The van der Waals surface area contributed by atoms with Crippen molar-refractivity contribution >= 4 is 17.3 Å². The Hall–Kier alpha value is -3.40. The molecule has 0 unspecified atom stereocenters. The van der Waals surface area contributed by atoms with Crippen LogP contribution in [-0.2, 0) is 4.74 Å². The fourth-order valence-electron chi connectivity index (χ4n) is 2.47. The molecule has 0 aliphatic heterocycles. The number of ether oxygens (including phenoxy) is 1. The van der Waals surface area contributed by atoms with E-state index in [1.165, 1.54) is 28.2 Å². The first-order chi connectivity index (χ1) is 13.5. The third-order valence-electron chi connectivity index (χ3n) is 3.83. The largest absolute Gasteiger partial charge is 0.447 e. The van der Waals surface area contributed by atoms with Gasteiger partial charge in [-0.05, 0) is 49.6 Å². The van der Waals surface area contributed by atoms with Crippen LogP contribution in [0.2, 0.25) is 0 Å². The molecule has 0 aliphatic rings. The van der Waals surface area contributed by atoms with Crippen LogP contribution in [0, 0.1) is 12.7 Å². The van der Waals surface area contributed by atoms with Crippen LogP contribution in [0.1, 0.15) is 35.4 Å². The number of carbonyl (C=O) groups is 1. The molecule has 0 radical (unpaired) electrons. The molecule has 0 fully saturated rings. The zero-order valence-corrected chi connectivity index (χ0v) is 15.7. The normalized spacial score (nSPS) is 12.1. The Morgan fingerprint density at radius 2 is 2.04 bits per heavy atom. The van der Waals surface area contributed by atoms with Gasteiger partial charge in [-0.15, -0.1) is 26.6 Å². The van der Waals surface area contributed by atoms with Gasteiger partial charge in [0.1, 0.15) is 11.6 Å². The molecule has 28 heavy (non-hydrogen) atoms. The number of aromatic nitrogens is 5. The lowest BCUT2D eigenvalue weighted by atomic mass is 10.3. The van der Waals surface area contributed by atoms with Crippen molar-refractivity contribution in [2.45, 2.75) is 20.0 Å². The first kappa shape index (κ1) is 18.0. The van der Waals surface area contributed by atoms with Crippen LogP contribution in [0.3, 0.4) is 0 Å². The molecular formula is C18H14FN5O3S. The van der Waals surface area contributed by atoms with Crippen LogP contribution in [0.4, 0.5) is 4.39 Å². The summed E-state index contributed by atoms with van der Waals surface area (Å²) < 4.78 is 25.4. The van der Waals surface area contributed by atoms with Gasteiger partial charge < -0.3 is 9.15 Å². The van der Waals surface area contributed by atoms with Crippen LogP contribution in [0.25, 0.3) is 16.5 Å². The Kier molecular flexibility index (Phi) is 4.70. The summed E-state index contributed by atoms with van der Waals surface area (Å²) in [6, 6.07) is 9.42. The summed E-state index contributed by atoms with van der Waals surface area (Å²) in [6.07, 6.45) is -0.771. The van der Waals surface area contributed by atoms with Crippen molar-refractivity contribution in [3.8, 4) is 16.5 Å². The molecule has 0 amide bonds. The SMILES string of the molecule is Cc1nc(C(=O)O[C@H](C)c2nnc(-c3cccs3)o2)nn1-c1ccc(F)cc1. The lowest BCUT2D eigenvalue weighted by Crippen LogP contribution is -2.11. The fourth-order valence-corrected chi connectivity index (χ4v) is 3.11. The zero-order valence-electron chi connectivity index (χ0n) is 14.9. The van der Waals surface area contributed by atoms with Crippen LogP contribution in [0.5, 0.6) is 0 Å². The summed E-state index contributed by atoms with van der Waals surface area (Å²) in [5.41, 5.74) is 0.580. The summed E-state index contributed by atoms with van der Waals surface area (Å²) in [4.78, 5) is 17.4. The van der Waals surface area contributed by atoms with Gasteiger partial charge in [0.05, 0.1) is 10.6 Å². The molecule has 1 aromatic carbocycles. The van der Waals surface area contributed by atoms with E-state index in [4.69, 9.17) is 9.15 Å². The molecule has 0 saturated carbocycles. The number of thiophene rings is 1. The van der Waals surface area contributed by atoms with E-state index in [0.29, 0.717) is 17.4 Å². The average molecular weight is 399 g/mol. The van der Waals surface area contributed by atoms with E-state index in [0.717, 1.165) is 4.88 Å². The van der Waals surface area contributed by atoms with E-state index >= 15 is 0 Å². The molecule has 3 heterocycles. The van der Waals surface area contributed by atoms with Crippen molar-refractivity contribution in [3.05, 3.63) is 65.1 Å². The Bertz CT molecular complexity index is 1100. The van der Waals surface area contributed by atoms with Gasteiger partial charge in [0.25, 0.3) is 17.6 Å². The molecule has 142 valence electrons. The molecule has 0 bridgehead atoms. The molecule has 4 rings (SSSR count). The second kappa shape index (κ2) is 7.31. The standard InChI is InChI=1S/C18H14FN5O3S/c1-10(16-21-22-17(27-16)14-4-3-9-28-14)26-18(25)15-20-11(2)24(23-15)13-7-5-12(19)6-8-13/h3-10H,1-2H3/t10-/m1/s1. The number of rotatable bonds is 5. The maximum absolute atomic E-state index is 13.1. The predicted molar refractivity (Wildman–Crippen MR) is 97.5 cm³/mol. The van der Waals surface area contributed by atoms with Gasteiger partial charge in [-0.3, -0.25) is 0 Å². The summed E-state index contributed by atoms with van der Waals surface area (Å²) >= 11 is 1.46. The molecule has 0 aliphatic carbocycles.